The molecule has 0 aliphatic rings. The van der Waals surface area contributed by atoms with Crippen molar-refractivity contribution in [3.8, 4) is 5.88 Å². The summed E-state index contributed by atoms with van der Waals surface area (Å²) in [6.45, 7) is 0.190. The van der Waals surface area contributed by atoms with Crippen LogP contribution in [-0.2, 0) is 11.4 Å². The summed E-state index contributed by atoms with van der Waals surface area (Å²) in [6, 6.07) is 3.39. The van der Waals surface area contributed by atoms with Crippen LogP contribution in [0.1, 0.15) is 15.9 Å². The summed E-state index contributed by atoms with van der Waals surface area (Å²) < 4.78 is 6.60. The third kappa shape index (κ3) is 3.22. The standard InChI is InChI=1S/C14H12ClN5O3/c1-22-13-9(5-10(15)7-17-13)6-19-23-14(21)11-8-18-20-4-2-3-16-12(11)20/h2-5,7-8,19H,6H2,1H3. The average molecular weight is 334 g/mol. The molecule has 0 atom stereocenters. The highest BCUT2D eigenvalue weighted by molar-refractivity contribution is 6.30. The highest BCUT2D eigenvalue weighted by atomic mass is 35.5. The normalized spacial score (nSPS) is 10.7. The van der Waals surface area contributed by atoms with Gasteiger partial charge in [-0.1, -0.05) is 11.6 Å². The van der Waals surface area contributed by atoms with E-state index in [9.17, 15) is 4.79 Å². The zero-order chi connectivity index (χ0) is 16.2. The first-order valence-corrected chi connectivity index (χ1v) is 6.97. The number of nitrogens with zero attached hydrogens (tertiary/aromatic N) is 4. The predicted molar refractivity (Wildman–Crippen MR) is 81.0 cm³/mol. The van der Waals surface area contributed by atoms with Gasteiger partial charge in [0.25, 0.3) is 0 Å². The number of hydroxylamine groups is 1. The monoisotopic (exact) mass is 333 g/mol. The van der Waals surface area contributed by atoms with Crippen molar-refractivity contribution in [2.24, 2.45) is 0 Å². The SMILES string of the molecule is COc1ncc(Cl)cc1CNOC(=O)c1cnn2cccnc12. The van der Waals surface area contributed by atoms with E-state index in [2.05, 4.69) is 20.5 Å². The fourth-order valence-electron chi connectivity index (χ4n) is 1.98. The third-order valence-corrected chi connectivity index (χ3v) is 3.22. The molecule has 3 aromatic heterocycles. The van der Waals surface area contributed by atoms with Crippen LogP contribution in [0.5, 0.6) is 5.88 Å². The van der Waals surface area contributed by atoms with Gasteiger partial charge in [0, 0.05) is 24.2 Å². The topological polar surface area (TPSA) is 90.6 Å². The summed E-state index contributed by atoms with van der Waals surface area (Å²) in [5, 5.41) is 4.48. The van der Waals surface area contributed by atoms with Crippen LogP contribution >= 0.6 is 11.6 Å². The first kappa shape index (κ1) is 15.2. The molecular weight excluding hydrogens is 322 g/mol. The van der Waals surface area contributed by atoms with Gasteiger partial charge in [0.1, 0.15) is 5.56 Å². The molecule has 3 rings (SSSR count). The van der Waals surface area contributed by atoms with Crippen molar-refractivity contribution in [3.63, 3.8) is 0 Å². The molecule has 8 nitrogen and oxygen atoms in total. The van der Waals surface area contributed by atoms with Crippen LogP contribution in [0.25, 0.3) is 5.65 Å². The summed E-state index contributed by atoms with van der Waals surface area (Å²) in [6.07, 6.45) is 6.13. The second-order valence-corrected chi connectivity index (χ2v) is 4.92. The summed E-state index contributed by atoms with van der Waals surface area (Å²) in [5.74, 6) is -0.191. The van der Waals surface area contributed by atoms with Crippen LogP contribution in [0.15, 0.2) is 36.9 Å². The minimum absolute atomic E-state index is 0.190. The van der Waals surface area contributed by atoms with Crippen molar-refractivity contribution in [2.45, 2.75) is 6.54 Å². The first-order valence-electron chi connectivity index (χ1n) is 6.60. The van der Waals surface area contributed by atoms with E-state index in [0.717, 1.165) is 0 Å². The number of ether oxygens (including phenoxy) is 1. The highest BCUT2D eigenvalue weighted by Crippen LogP contribution is 2.19. The van der Waals surface area contributed by atoms with E-state index >= 15 is 0 Å². The molecule has 0 unspecified atom stereocenters. The highest BCUT2D eigenvalue weighted by Gasteiger charge is 2.15. The van der Waals surface area contributed by atoms with Gasteiger partial charge in [-0.05, 0) is 12.1 Å². The van der Waals surface area contributed by atoms with Crippen LogP contribution < -0.4 is 10.2 Å². The molecule has 1 N–H and O–H groups in total. The number of fused-ring (bicyclic) bond motifs is 1. The number of hydrogen-bond donors (Lipinski definition) is 1. The Hall–Kier alpha value is -2.71. The molecule has 0 fully saturated rings. The van der Waals surface area contributed by atoms with Gasteiger partial charge in [-0.15, -0.1) is 5.48 Å². The Morgan fingerprint density at radius 3 is 3.09 bits per heavy atom. The molecule has 0 aromatic carbocycles. The van der Waals surface area contributed by atoms with Gasteiger partial charge in [0.2, 0.25) is 5.88 Å². The third-order valence-electron chi connectivity index (χ3n) is 3.01. The van der Waals surface area contributed by atoms with Crippen molar-refractivity contribution in [1.29, 1.82) is 0 Å². The van der Waals surface area contributed by atoms with Gasteiger partial charge in [0.15, 0.2) is 5.65 Å². The number of rotatable bonds is 5. The number of carbonyl (C=O) groups is 1. The summed E-state index contributed by atoms with van der Waals surface area (Å²) >= 11 is 5.89. The Morgan fingerprint density at radius 2 is 2.26 bits per heavy atom. The largest absolute Gasteiger partial charge is 0.481 e. The molecule has 118 valence electrons. The smallest absolute Gasteiger partial charge is 0.362 e. The van der Waals surface area contributed by atoms with Crippen molar-refractivity contribution >= 4 is 23.2 Å². The molecule has 0 aliphatic heterocycles. The molecule has 3 heterocycles. The molecule has 3 aromatic rings. The number of halogens is 1. The number of hydrogen-bond acceptors (Lipinski definition) is 7. The van der Waals surface area contributed by atoms with Crippen LogP contribution in [0.3, 0.4) is 0 Å². The second kappa shape index (κ2) is 6.59. The Balaban J connectivity index is 1.67. The maximum absolute atomic E-state index is 12.1. The Morgan fingerprint density at radius 1 is 1.39 bits per heavy atom. The van der Waals surface area contributed by atoms with Crippen LogP contribution in [-0.4, -0.2) is 32.7 Å². The number of methoxy groups -OCH3 is 1. The van der Waals surface area contributed by atoms with Crippen molar-refractivity contribution < 1.29 is 14.4 Å². The minimum atomic E-state index is -0.590. The zero-order valence-electron chi connectivity index (χ0n) is 12.1. The maximum atomic E-state index is 12.1. The molecule has 23 heavy (non-hydrogen) atoms. The van der Waals surface area contributed by atoms with Gasteiger partial charge < -0.3 is 9.57 Å². The molecule has 0 bridgehead atoms. The van der Waals surface area contributed by atoms with Gasteiger partial charge in [-0.25, -0.2) is 19.3 Å². The lowest BCUT2D eigenvalue weighted by molar-refractivity contribution is 0.0237. The number of carbonyl (C=O) groups excluding carboxylic acids is 1. The number of nitrogens with one attached hydrogen (secondary N) is 1. The van der Waals surface area contributed by atoms with E-state index < -0.39 is 5.97 Å². The maximum Gasteiger partial charge on any atom is 0.362 e. The molecule has 0 amide bonds. The van der Waals surface area contributed by atoms with Crippen LogP contribution in [0, 0.1) is 0 Å². The Labute approximate surface area is 136 Å². The van der Waals surface area contributed by atoms with Crippen LogP contribution in [0.4, 0.5) is 0 Å². The first-order chi connectivity index (χ1) is 11.2. The van der Waals surface area contributed by atoms with Gasteiger partial charge in [-0.3, -0.25) is 0 Å². The zero-order valence-corrected chi connectivity index (χ0v) is 12.8. The second-order valence-electron chi connectivity index (χ2n) is 4.48. The molecule has 0 radical (unpaired) electrons. The van der Waals surface area contributed by atoms with Crippen molar-refractivity contribution in [3.05, 3.63) is 53.1 Å². The molecule has 0 spiro atoms. The fraction of sp³-hybridized carbons (Fsp3) is 0.143. The molecule has 0 saturated heterocycles. The fourth-order valence-corrected chi connectivity index (χ4v) is 2.17. The molecule has 0 aliphatic carbocycles. The lowest BCUT2D eigenvalue weighted by Crippen LogP contribution is -2.20. The van der Waals surface area contributed by atoms with Crippen molar-refractivity contribution in [2.75, 3.05) is 7.11 Å². The molecule has 9 heteroatoms. The van der Waals surface area contributed by atoms with Crippen molar-refractivity contribution in [1.82, 2.24) is 25.1 Å². The molecular formula is C14H12ClN5O3. The van der Waals surface area contributed by atoms with E-state index in [-0.39, 0.29) is 12.1 Å². The Kier molecular flexibility index (Phi) is 4.35. The summed E-state index contributed by atoms with van der Waals surface area (Å²) in [5.41, 5.74) is 3.90. The molecule has 0 saturated carbocycles. The summed E-state index contributed by atoms with van der Waals surface area (Å²) in [7, 11) is 1.50. The van der Waals surface area contributed by atoms with E-state index in [1.165, 1.54) is 24.0 Å². The summed E-state index contributed by atoms with van der Waals surface area (Å²) in [4.78, 5) is 25.2. The van der Waals surface area contributed by atoms with E-state index in [0.29, 0.717) is 22.1 Å². The van der Waals surface area contributed by atoms with Gasteiger partial charge in [-0.2, -0.15) is 5.10 Å². The average Bonchev–Trinajstić information content (AvgIpc) is 2.99. The number of aromatic nitrogens is 4. The Bertz CT molecular complexity index is 851. The van der Waals surface area contributed by atoms with E-state index in [1.54, 1.807) is 24.5 Å². The van der Waals surface area contributed by atoms with Crippen LogP contribution in [0.2, 0.25) is 5.02 Å². The van der Waals surface area contributed by atoms with E-state index in [4.69, 9.17) is 21.2 Å². The number of pyridine rings is 1. The quantitative estimate of drug-likeness (QED) is 0.710. The lowest BCUT2D eigenvalue weighted by Gasteiger charge is -2.08. The van der Waals surface area contributed by atoms with Gasteiger partial charge in [0.05, 0.1) is 24.9 Å². The van der Waals surface area contributed by atoms with Gasteiger partial charge >= 0.3 is 5.97 Å². The minimum Gasteiger partial charge on any atom is -0.481 e. The lowest BCUT2D eigenvalue weighted by atomic mass is 10.3. The van der Waals surface area contributed by atoms with E-state index in [1.807, 2.05) is 0 Å². The predicted octanol–water partition coefficient (Wildman–Crippen LogP) is 1.65.